The molecule has 3 unspecified atom stereocenters. The number of amides is 1. The second-order valence-corrected chi connectivity index (χ2v) is 4.65. The van der Waals surface area contributed by atoms with E-state index in [0.717, 1.165) is 12.8 Å². The summed E-state index contributed by atoms with van der Waals surface area (Å²) in [5.41, 5.74) is 0. The summed E-state index contributed by atoms with van der Waals surface area (Å²) in [6.07, 6.45) is 2.10. The minimum absolute atomic E-state index is 0.0998. The molecule has 5 nitrogen and oxygen atoms in total. The second kappa shape index (κ2) is 5.23. The summed E-state index contributed by atoms with van der Waals surface area (Å²) in [5.74, 6) is 0. The molecule has 0 aromatic heterocycles. The summed E-state index contributed by atoms with van der Waals surface area (Å²) < 4.78 is 16.0. The molecule has 2 aliphatic rings. The first kappa shape index (κ1) is 12.6. The number of carbonyl (C=O) groups is 1. The average molecular weight is 243 g/mol. The Morgan fingerprint density at radius 3 is 2.76 bits per heavy atom. The lowest BCUT2D eigenvalue weighted by molar-refractivity contribution is 0.00110. The predicted molar refractivity (Wildman–Crippen MR) is 61.9 cm³/mol. The van der Waals surface area contributed by atoms with Crippen LogP contribution in [0.1, 0.15) is 26.7 Å². The van der Waals surface area contributed by atoms with Crippen molar-refractivity contribution in [3.05, 3.63) is 0 Å². The monoisotopic (exact) mass is 243 g/mol. The lowest BCUT2D eigenvalue weighted by Gasteiger charge is -2.37. The van der Waals surface area contributed by atoms with E-state index < -0.39 is 0 Å². The van der Waals surface area contributed by atoms with Crippen molar-refractivity contribution in [3.8, 4) is 0 Å². The largest absolute Gasteiger partial charge is 0.450 e. The molecule has 0 N–H and O–H groups in total. The van der Waals surface area contributed by atoms with E-state index in [1.54, 1.807) is 12.0 Å². The van der Waals surface area contributed by atoms with Gasteiger partial charge in [-0.2, -0.15) is 0 Å². The molecule has 2 aliphatic heterocycles. The molecule has 0 radical (unpaired) electrons. The number of hydrogen-bond donors (Lipinski definition) is 0. The van der Waals surface area contributed by atoms with Crippen LogP contribution in [0.3, 0.4) is 0 Å². The summed E-state index contributed by atoms with van der Waals surface area (Å²) in [6.45, 7) is 4.96. The molecule has 1 amide bonds. The highest BCUT2D eigenvalue weighted by Crippen LogP contribution is 2.34. The van der Waals surface area contributed by atoms with Crippen LogP contribution in [-0.2, 0) is 14.2 Å². The third kappa shape index (κ3) is 2.72. The van der Waals surface area contributed by atoms with Gasteiger partial charge in [-0.3, -0.25) is 0 Å². The number of epoxide rings is 1. The lowest BCUT2D eigenvalue weighted by Crippen LogP contribution is -2.51. The zero-order valence-corrected chi connectivity index (χ0v) is 10.7. The van der Waals surface area contributed by atoms with Crippen molar-refractivity contribution in [1.29, 1.82) is 0 Å². The number of methoxy groups -OCH3 is 1. The van der Waals surface area contributed by atoms with E-state index in [9.17, 15) is 4.79 Å². The molecule has 2 heterocycles. The number of hydrogen-bond acceptors (Lipinski definition) is 4. The number of nitrogens with zero attached hydrogens (tertiary/aromatic N) is 1. The highest BCUT2D eigenvalue weighted by molar-refractivity contribution is 5.68. The molecular formula is C12H21NO4. The summed E-state index contributed by atoms with van der Waals surface area (Å²) in [4.78, 5) is 13.6. The van der Waals surface area contributed by atoms with E-state index in [-0.39, 0.29) is 30.4 Å². The van der Waals surface area contributed by atoms with E-state index in [1.807, 2.05) is 13.8 Å². The van der Waals surface area contributed by atoms with Gasteiger partial charge in [-0.15, -0.1) is 0 Å². The molecule has 0 saturated carbocycles. The fourth-order valence-corrected chi connectivity index (χ4v) is 2.53. The highest BCUT2D eigenvalue weighted by atomic mass is 16.6. The first-order chi connectivity index (χ1) is 8.17. The van der Waals surface area contributed by atoms with Crippen LogP contribution >= 0.6 is 0 Å². The maximum absolute atomic E-state index is 11.8. The normalized spacial score (nSPS) is 36.8. The van der Waals surface area contributed by atoms with Gasteiger partial charge in [0.2, 0.25) is 0 Å². The van der Waals surface area contributed by atoms with E-state index in [2.05, 4.69) is 0 Å². The summed E-state index contributed by atoms with van der Waals surface area (Å²) in [7, 11) is 1.72. The number of rotatable bonds is 3. The predicted octanol–water partition coefficient (Wildman–Crippen LogP) is 1.41. The van der Waals surface area contributed by atoms with Crippen LogP contribution in [0, 0.1) is 0 Å². The molecular weight excluding hydrogens is 222 g/mol. The van der Waals surface area contributed by atoms with Gasteiger partial charge in [0.1, 0.15) is 6.10 Å². The Bertz CT molecular complexity index is 284. The summed E-state index contributed by atoms with van der Waals surface area (Å²) in [6, 6.07) is 0.0998. The first-order valence-corrected chi connectivity index (χ1v) is 6.29. The van der Waals surface area contributed by atoms with Crippen LogP contribution in [0.4, 0.5) is 4.79 Å². The van der Waals surface area contributed by atoms with E-state index in [0.29, 0.717) is 13.2 Å². The molecule has 4 atom stereocenters. The van der Waals surface area contributed by atoms with Crippen LogP contribution in [0.25, 0.3) is 0 Å². The Hall–Kier alpha value is -0.810. The fraction of sp³-hybridized carbons (Fsp3) is 0.917. The maximum atomic E-state index is 11.8. The third-order valence-corrected chi connectivity index (χ3v) is 3.57. The van der Waals surface area contributed by atoms with Crippen LogP contribution in [0.5, 0.6) is 0 Å². The Kier molecular flexibility index (Phi) is 3.89. The Morgan fingerprint density at radius 1 is 1.53 bits per heavy atom. The minimum Gasteiger partial charge on any atom is -0.450 e. The molecule has 0 aromatic carbocycles. The van der Waals surface area contributed by atoms with Gasteiger partial charge in [0.15, 0.2) is 0 Å². The quantitative estimate of drug-likeness (QED) is 0.703. The molecule has 0 spiro atoms. The van der Waals surface area contributed by atoms with Gasteiger partial charge in [0.05, 0.1) is 24.9 Å². The Balaban J connectivity index is 2.00. The van der Waals surface area contributed by atoms with Gasteiger partial charge < -0.3 is 19.1 Å². The SMILES string of the molecule is CCOC(=O)N1CCC(OC)CC1[C@H]1OC1C. The van der Waals surface area contributed by atoms with Crippen LogP contribution in [0.15, 0.2) is 0 Å². The van der Waals surface area contributed by atoms with Gasteiger partial charge in [-0.05, 0) is 26.7 Å². The average Bonchev–Trinajstić information content (AvgIpc) is 3.06. The molecule has 98 valence electrons. The van der Waals surface area contributed by atoms with Crippen LogP contribution in [-0.4, -0.2) is 55.6 Å². The van der Waals surface area contributed by atoms with E-state index in [4.69, 9.17) is 14.2 Å². The number of ether oxygens (including phenoxy) is 3. The zero-order chi connectivity index (χ0) is 12.4. The van der Waals surface area contributed by atoms with Crippen molar-refractivity contribution in [1.82, 2.24) is 4.90 Å². The molecule has 17 heavy (non-hydrogen) atoms. The molecule has 0 aliphatic carbocycles. The lowest BCUT2D eigenvalue weighted by atomic mass is 9.96. The molecule has 0 aromatic rings. The first-order valence-electron chi connectivity index (χ1n) is 6.29. The van der Waals surface area contributed by atoms with E-state index in [1.165, 1.54) is 0 Å². The fourth-order valence-electron chi connectivity index (χ4n) is 2.53. The molecule has 2 saturated heterocycles. The van der Waals surface area contributed by atoms with Crippen molar-refractivity contribution in [2.24, 2.45) is 0 Å². The smallest absolute Gasteiger partial charge is 0.410 e. The van der Waals surface area contributed by atoms with Crippen molar-refractivity contribution in [2.75, 3.05) is 20.3 Å². The Morgan fingerprint density at radius 2 is 2.24 bits per heavy atom. The number of likely N-dealkylation sites (tertiary alicyclic amines) is 1. The van der Waals surface area contributed by atoms with E-state index >= 15 is 0 Å². The molecule has 0 bridgehead atoms. The van der Waals surface area contributed by atoms with Crippen molar-refractivity contribution in [3.63, 3.8) is 0 Å². The summed E-state index contributed by atoms with van der Waals surface area (Å²) >= 11 is 0. The van der Waals surface area contributed by atoms with Crippen molar-refractivity contribution >= 4 is 6.09 Å². The topological polar surface area (TPSA) is 51.3 Å². The standard InChI is InChI=1S/C12H21NO4/c1-4-16-12(14)13-6-5-9(15-3)7-10(13)11-8(2)17-11/h8-11H,4-7H2,1-3H3/t8?,9?,10?,11-/m0/s1. The maximum Gasteiger partial charge on any atom is 0.410 e. The molecule has 5 heteroatoms. The summed E-state index contributed by atoms with van der Waals surface area (Å²) in [5, 5.41) is 0. The molecule has 2 rings (SSSR count). The highest BCUT2D eigenvalue weighted by Gasteiger charge is 2.48. The van der Waals surface area contributed by atoms with Crippen LogP contribution < -0.4 is 0 Å². The van der Waals surface area contributed by atoms with Gasteiger partial charge in [0.25, 0.3) is 0 Å². The molecule has 2 fully saturated rings. The number of carbonyl (C=O) groups excluding carboxylic acids is 1. The van der Waals surface area contributed by atoms with Gasteiger partial charge >= 0.3 is 6.09 Å². The van der Waals surface area contributed by atoms with Crippen molar-refractivity contribution < 1.29 is 19.0 Å². The second-order valence-electron chi connectivity index (χ2n) is 4.65. The van der Waals surface area contributed by atoms with Gasteiger partial charge in [-0.1, -0.05) is 0 Å². The third-order valence-electron chi connectivity index (χ3n) is 3.57. The Labute approximate surface area is 102 Å². The minimum atomic E-state index is -0.227. The number of piperidine rings is 1. The van der Waals surface area contributed by atoms with Gasteiger partial charge in [0, 0.05) is 13.7 Å². The zero-order valence-electron chi connectivity index (χ0n) is 10.7. The van der Waals surface area contributed by atoms with Crippen LogP contribution in [0.2, 0.25) is 0 Å². The van der Waals surface area contributed by atoms with Crippen molar-refractivity contribution in [2.45, 2.75) is 51.0 Å². The van der Waals surface area contributed by atoms with Gasteiger partial charge in [-0.25, -0.2) is 4.79 Å².